The van der Waals surface area contributed by atoms with Crippen molar-refractivity contribution in [3.63, 3.8) is 0 Å². The lowest BCUT2D eigenvalue weighted by molar-refractivity contribution is 1.17. The first-order valence-electron chi connectivity index (χ1n) is 2.50. The van der Waals surface area contributed by atoms with E-state index in [1.807, 2.05) is 0 Å². The normalized spacial score (nSPS) is 8.60. The number of pyridine rings is 1. The van der Waals surface area contributed by atoms with Crippen LogP contribution in [-0.2, 0) is 5.88 Å². The van der Waals surface area contributed by atoms with Gasteiger partial charge in [0.1, 0.15) is 0 Å². The summed E-state index contributed by atoms with van der Waals surface area (Å²) in [7, 11) is 0. The Morgan fingerprint density at radius 2 is 2.20 bits per heavy atom. The summed E-state index contributed by atoms with van der Waals surface area (Å²) in [5.41, 5.74) is 0.737. The fourth-order valence-electron chi connectivity index (χ4n) is 0.517. The Balaban J connectivity index is 0.000000810. The molecule has 0 bridgehead atoms. The van der Waals surface area contributed by atoms with Crippen molar-refractivity contribution in [1.82, 2.24) is 4.98 Å². The third kappa shape index (κ3) is 2.33. The van der Waals surface area contributed by atoms with E-state index in [1.54, 1.807) is 18.3 Å². The second-order valence-electron chi connectivity index (χ2n) is 1.57. The predicted octanol–water partition coefficient (Wildman–Crippen LogP) is 2.90. The van der Waals surface area contributed by atoms with Gasteiger partial charge < -0.3 is 0 Å². The second-order valence-corrected chi connectivity index (χ2v) is 2.24. The summed E-state index contributed by atoms with van der Waals surface area (Å²) < 4.78 is 0. The van der Waals surface area contributed by atoms with Gasteiger partial charge in [-0.15, -0.1) is 24.0 Å². The van der Waals surface area contributed by atoms with Crippen LogP contribution in [0.2, 0.25) is 5.02 Å². The van der Waals surface area contributed by atoms with Crippen LogP contribution < -0.4 is 0 Å². The minimum absolute atomic E-state index is 0. The SMILES string of the molecule is Cl.ClCc1ncccc1Cl. The predicted molar refractivity (Wildman–Crippen MR) is 46.1 cm³/mol. The highest BCUT2D eigenvalue weighted by atomic mass is 35.5. The number of halogens is 3. The minimum Gasteiger partial charge on any atom is -0.258 e. The maximum atomic E-state index is 5.68. The topological polar surface area (TPSA) is 12.9 Å². The molecule has 1 nitrogen and oxygen atoms in total. The molecule has 1 aromatic rings. The highest BCUT2D eigenvalue weighted by Gasteiger charge is 1.95. The fraction of sp³-hybridized carbons (Fsp3) is 0.167. The largest absolute Gasteiger partial charge is 0.258 e. The minimum atomic E-state index is 0. The monoisotopic (exact) mass is 197 g/mol. The van der Waals surface area contributed by atoms with Crippen molar-refractivity contribution in [3.8, 4) is 0 Å². The molecule has 0 amide bonds. The average Bonchev–Trinajstić information content (AvgIpc) is 1.89. The molecule has 0 fully saturated rings. The number of hydrogen-bond donors (Lipinski definition) is 0. The Kier molecular flexibility index (Phi) is 4.79. The van der Waals surface area contributed by atoms with Gasteiger partial charge >= 0.3 is 0 Å². The van der Waals surface area contributed by atoms with Crippen molar-refractivity contribution < 1.29 is 0 Å². The molecule has 56 valence electrons. The molecule has 0 aliphatic carbocycles. The molecule has 0 aromatic carbocycles. The van der Waals surface area contributed by atoms with E-state index in [4.69, 9.17) is 23.2 Å². The maximum absolute atomic E-state index is 5.68. The third-order valence-corrected chi connectivity index (χ3v) is 1.56. The molecule has 0 unspecified atom stereocenters. The lowest BCUT2D eigenvalue weighted by Crippen LogP contribution is -1.83. The molecule has 1 rings (SSSR count). The number of rotatable bonds is 1. The van der Waals surface area contributed by atoms with Crippen molar-refractivity contribution in [2.24, 2.45) is 0 Å². The standard InChI is InChI=1S/C6H5Cl2N.ClH/c7-4-6-5(8)2-1-3-9-6;/h1-3H,4H2;1H. The van der Waals surface area contributed by atoms with Crippen molar-refractivity contribution in [2.75, 3.05) is 0 Å². The quantitative estimate of drug-likeness (QED) is 0.632. The van der Waals surface area contributed by atoms with E-state index in [2.05, 4.69) is 4.98 Å². The maximum Gasteiger partial charge on any atom is 0.0737 e. The van der Waals surface area contributed by atoms with Crippen LogP contribution >= 0.6 is 35.6 Å². The molecule has 0 saturated heterocycles. The molecular formula is C6H6Cl3N. The Labute approximate surface area is 75.8 Å². The third-order valence-electron chi connectivity index (χ3n) is 0.961. The first kappa shape index (κ1) is 10.0. The Bertz CT molecular complexity index is 202. The molecule has 0 radical (unpaired) electrons. The molecule has 4 heteroatoms. The molecule has 0 spiro atoms. The number of hydrogen-bond acceptors (Lipinski definition) is 1. The van der Waals surface area contributed by atoms with Crippen LogP contribution in [0.15, 0.2) is 18.3 Å². The van der Waals surface area contributed by atoms with E-state index in [9.17, 15) is 0 Å². The van der Waals surface area contributed by atoms with E-state index < -0.39 is 0 Å². The molecule has 1 heterocycles. The summed E-state index contributed by atoms with van der Waals surface area (Å²) in [6.45, 7) is 0. The first-order chi connectivity index (χ1) is 4.34. The Morgan fingerprint density at radius 1 is 1.50 bits per heavy atom. The fourth-order valence-corrected chi connectivity index (χ4v) is 0.986. The van der Waals surface area contributed by atoms with Crippen LogP contribution in [0, 0.1) is 0 Å². The van der Waals surface area contributed by atoms with Crippen molar-refractivity contribution in [3.05, 3.63) is 29.0 Å². The van der Waals surface area contributed by atoms with Gasteiger partial charge in [0.15, 0.2) is 0 Å². The van der Waals surface area contributed by atoms with Gasteiger partial charge in [0, 0.05) is 6.20 Å². The molecule has 0 aliphatic heterocycles. The van der Waals surface area contributed by atoms with Gasteiger partial charge in [-0.3, -0.25) is 4.98 Å². The van der Waals surface area contributed by atoms with Gasteiger partial charge in [-0.1, -0.05) is 11.6 Å². The number of alkyl halides is 1. The zero-order valence-electron chi connectivity index (χ0n) is 5.05. The van der Waals surface area contributed by atoms with Crippen LogP contribution in [0.5, 0.6) is 0 Å². The molecule has 10 heavy (non-hydrogen) atoms. The zero-order valence-corrected chi connectivity index (χ0v) is 7.38. The summed E-state index contributed by atoms with van der Waals surface area (Å²) in [4.78, 5) is 3.93. The van der Waals surface area contributed by atoms with Crippen molar-refractivity contribution >= 4 is 35.6 Å². The molecule has 0 atom stereocenters. The summed E-state index contributed by atoms with van der Waals surface area (Å²) in [6.07, 6.45) is 1.67. The van der Waals surface area contributed by atoms with Gasteiger partial charge in [0.2, 0.25) is 0 Å². The highest BCUT2D eigenvalue weighted by molar-refractivity contribution is 6.32. The summed E-state index contributed by atoms with van der Waals surface area (Å²) in [6, 6.07) is 3.55. The average molecular weight is 198 g/mol. The van der Waals surface area contributed by atoms with Crippen LogP contribution in [-0.4, -0.2) is 4.98 Å². The van der Waals surface area contributed by atoms with E-state index >= 15 is 0 Å². The van der Waals surface area contributed by atoms with E-state index in [-0.39, 0.29) is 12.4 Å². The van der Waals surface area contributed by atoms with Gasteiger partial charge in [-0.05, 0) is 12.1 Å². The van der Waals surface area contributed by atoms with Gasteiger partial charge in [0.05, 0.1) is 16.6 Å². The van der Waals surface area contributed by atoms with E-state index in [1.165, 1.54) is 0 Å². The summed E-state index contributed by atoms with van der Waals surface area (Å²) in [5, 5.41) is 0.632. The van der Waals surface area contributed by atoms with Crippen LogP contribution in [0.4, 0.5) is 0 Å². The summed E-state index contributed by atoms with van der Waals surface area (Å²) in [5.74, 6) is 0.375. The molecule has 0 saturated carbocycles. The highest BCUT2D eigenvalue weighted by Crippen LogP contribution is 2.13. The smallest absolute Gasteiger partial charge is 0.0737 e. The molecule has 0 aliphatic rings. The van der Waals surface area contributed by atoms with Gasteiger partial charge in [-0.25, -0.2) is 0 Å². The van der Waals surface area contributed by atoms with Crippen molar-refractivity contribution in [2.45, 2.75) is 5.88 Å². The number of aromatic nitrogens is 1. The Morgan fingerprint density at radius 3 is 2.60 bits per heavy atom. The first-order valence-corrected chi connectivity index (χ1v) is 3.41. The van der Waals surface area contributed by atoms with Crippen molar-refractivity contribution in [1.29, 1.82) is 0 Å². The van der Waals surface area contributed by atoms with Gasteiger partial charge in [-0.2, -0.15) is 0 Å². The zero-order chi connectivity index (χ0) is 6.69. The lowest BCUT2D eigenvalue weighted by Gasteiger charge is -1.93. The molecular weight excluding hydrogens is 192 g/mol. The molecule has 1 aromatic heterocycles. The second kappa shape index (κ2) is 4.78. The van der Waals surface area contributed by atoms with Crippen LogP contribution in [0.1, 0.15) is 5.69 Å². The molecule has 0 N–H and O–H groups in total. The Hall–Kier alpha value is 0.0200. The van der Waals surface area contributed by atoms with E-state index in [0.29, 0.717) is 10.9 Å². The van der Waals surface area contributed by atoms with Gasteiger partial charge in [0.25, 0.3) is 0 Å². The number of nitrogens with zero attached hydrogens (tertiary/aromatic N) is 1. The lowest BCUT2D eigenvalue weighted by atomic mass is 10.4. The van der Waals surface area contributed by atoms with E-state index in [0.717, 1.165) is 5.69 Å². The summed E-state index contributed by atoms with van der Waals surface area (Å²) >= 11 is 11.2. The van der Waals surface area contributed by atoms with Crippen LogP contribution in [0.3, 0.4) is 0 Å². The van der Waals surface area contributed by atoms with Crippen LogP contribution in [0.25, 0.3) is 0 Å².